The fourth-order valence-corrected chi connectivity index (χ4v) is 4.47. The van der Waals surface area contributed by atoms with E-state index in [9.17, 15) is 9.90 Å². The first-order chi connectivity index (χ1) is 12.0. The van der Waals surface area contributed by atoms with E-state index in [-0.39, 0.29) is 16.7 Å². The third kappa shape index (κ3) is 8.19. The molecule has 0 unspecified atom stereocenters. The Kier molecular flexibility index (Phi) is 9.65. The van der Waals surface area contributed by atoms with Crippen LogP contribution in [0.1, 0.15) is 48.5 Å². The summed E-state index contributed by atoms with van der Waals surface area (Å²) in [7, 11) is -4.26. The summed E-state index contributed by atoms with van der Waals surface area (Å²) in [4.78, 5) is 11.8. The van der Waals surface area contributed by atoms with Gasteiger partial charge in [-0.25, -0.2) is 4.79 Å². The Balaban J connectivity index is 5.75. The summed E-state index contributed by atoms with van der Waals surface area (Å²) in [6.07, 6.45) is 2.05. The van der Waals surface area contributed by atoms with Crippen molar-refractivity contribution in [1.82, 2.24) is 0 Å². The molecule has 0 aliphatic heterocycles. The number of rotatable bonds is 9. The van der Waals surface area contributed by atoms with Crippen molar-refractivity contribution < 1.29 is 23.5 Å². The highest BCUT2D eigenvalue weighted by atomic mass is 28.4. The van der Waals surface area contributed by atoms with Crippen LogP contribution in [0.2, 0.25) is 36.3 Å². The molecule has 0 amide bonds. The van der Waals surface area contributed by atoms with Crippen LogP contribution in [0.25, 0.3) is 0 Å². The lowest BCUT2D eigenvalue weighted by atomic mass is 10.2. The van der Waals surface area contributed by atoms with Crippen LogP contribution in [0.4, 0.5) is 0 Å². The van der Waals surface area contributed by atoms with Crippen molar-refractivity contribution >= 4 is 22.6 Å². The van der Waals surface area contributed by atoms with E-state index in [1.807, 2.05) is 0 Å². The van der Waals surface area contributed by atoms with Crippen molar-refractivity contribution in [3.05, 3.63) is 12.2 Å². The van der Waals surface area contributed by atoms with Gasteiger partial charge in [0.05, 0.1) is 25.4 Å². The molecule has 0 fully saturated rings. The minimum absolute atomic E-state index is 0.00000323. The van der Waals surface area contributed by atoms with E-state index in [1.165, 1.54) is 6.08 Å². The molecule has 0 bridgehead atoms. The zero-order valence-electron chi connectivity index (χ0n) is 19.3. The molecule has 160 valence electrons. The average molecular weight is 419 g/mol. The smallest absolute Gasteiger partial charge is 0.330 e. The van der Waals surface area contributed by atoms with E-state index in [0.29, 0.717) is 6.61 Å². The van der Waals surface area contributed by atoms with Gasteiger partial charge in [0.25, 0.3) is 0 Å². The quantitative estimate of drug-likeness (QED) is 0.328. The van der Waals surface area contributed by atoms with Gasteiger partial charge in [0.1, 0.15) is 0 Å². The highest BCUT2D eigenvalue weighted by molar-refractivity contribution is 6.74. The predicted octanol–water partition coefficient (Wildman–Crippen LogP) is 4.88. The summed E-state index contributed by atoms with van der Waals surface area (Å²) in [5, 5.41) is 10.1. The highest BCUT2D eigenvalue weighted by Crippen LogP contribution is 2.40. The van der Waals surface area contributed by atoms with Crippen LogP contribution in [0.3, 0.4) is 0 Å². The van der Waals surface area contributed by atoms with E-state index in [2.05, 4.69) is 67.7 Å². The maximum Gasteiger partial charge on any atom is 0.330 e. The van der Waals surface area contributed by atoms with E-state index >= 15 is 0 Å². The largest absolute Gasteiger partial charge is 0.463 e. The van der Waals surface area contributed by atoms with Crippen LogP contribution in [0.5, 0.6) is 0 Å². The predicted molar refractivity (Wildman–Crippen MR) is 117 cm³/mol. The molecule has 5 nitrogen and oxygen atoms in total. The molecule has 0 heterocycles. The van der Waals surface area contributed by atoms with E-state index < -0.39 is 34.8 Å². The van der Waals surface area contributed by atoms with Gasteiger partial charge in [-0.15, -0.1) is 0 Å². The van der Waals surface area contributed by atoms with E-state index in [4.69, 9.17) is 13.6 Å². The maximum absolute atomic E-state index is 11.8. The number of esters is 1. The number of hydrogen-bond acceptors (Lipinski definition) is 5. The summed E-state index contributed by atoms with van der Waals surface area (Å²) >= 11 is 0. The zero-order chi connectivity index (χ0) is 21.7. The Bertz CT molecular complexity index is 501. The Morgan fingerprint density at radius 1 is 0.963 bits per heavy atom. The monoisotopic (exact) mass is 418 g/mol. The van der Waals surface area contributed by atoms with Gasteiger partial charge < -0.3 is 18.7 Å². The van der Waals surface area contributed by atoms with Crippen LogP contribution in [-0.4, -0.2) is 53.1 Å². The lowest BCUT2D eigenvalue weighted by Gasteiger charge is -2.44. The first-order valence-electron chi connectivity index (χ1n) is 9.80. The zero-order valence-corrected chi connectivity index (χ0v) is 21.3. The first kappa shape index (κ1) is 26.5. The fourth-order valence-electron chi connectivity index (χ4n) is 1.88. The molecule has 0 saturated heterocycles. The van der Waals surface area contributed by atoms with Gasteiger partial charge in [0.2, 0.25) is 0 Å². The summed E-state index contributed by atoms with van der Waals surface area (Å²) in [5.74, 6) is -0.412. The molecular weight excluding hydrogens is 376 g/mol. The van der Waals surface area contributed by atoms with Crippen LogP contribution in [-0.2, 0) is 18.4 Å². The van der Waals surface area contributed by atoms with Crippen LogP contribution < -0.4 is 0 Å². The minimum Gasteiger partial charge on any atom is -0.463 e. The summed E-state index contributed by atoms with van der Waals surface area (Å²) in [5.41, 5.74) is 0. The normalized spacial score (nSPS) is 16.4. The van der Waals surface area contributed by atoms with Crippen LogP contribution in [0, 0.1) is 0 Å². The van der Waals surface area contributed by atoms with Gasteiger partial charge in [-0.2, -0.15) is 0 Å². The molecule has 27 heavy (non-hydrogen) atoms. The van der Waals surface area contributed by atoms with Crippen molar-refractivity contribution in [3.8, 4) is 0 Å². The molecule has 7 heteroatoms. The summed E-state index contributed by atoms with van der Waals surface area (Å²) in [6.45, 7) is 23.5. The second-order valence-electron chi connectivity index (χ2n) is 10.1. The molecule has 0 radical (unpaired) electrons. The Labute approximate surface area is 168 Å². The number of ether oxygens (including phenoxy) is 1. The number of carbonyl (C=O) groups is 1. The molecule has 0 rings (SSSR count). The van der Waals surface area contributed by atoms with Gasteiger partial charge in [-0.1, -0.05) is 41.5 Å². The highest BCUT2D eigenvalue weighted by Gasteiger charge is 2.44. The van der Waals surface area contributed by atoms with E-state index in [1.54, 1.807) is 13.0 Å². The lowest BCUT2D eigenvalue weighted by molar-refractivity contribution is -0.137. The Morgan fingerprint density at radius 3 is 1.78 bits per heavy atom. The third-order valence-corrected chi connectivity index (χ3v) is 14.7. The first-order valence-corrected chi connectivity index (χ1v) is 15.6. The molecule has 1 N–H and O–H groups in total. The molecule has 0 spiro atoms. The van der Waals surface area contributed by atoms with Crippen molar-refractivity contribution in [2.45, 2.75) is 96.9 Å². The topological polar surface area (TPSA) is 65.0 Å². The van der Waals surface area contributed by atoms with Crippen LogP contribution >= 0.6 is 0 Å². The van der Waals surface area contributed by atoms with Crippen molar-refractivity contribution in [3.63, 3.8) is 0 Å². The Hall–Kier alpha value is -0.476. The van der Waals surface area contributed by atoms with Crippen molar-refractivity contribution in [1.29, 1.82) is 0 Å². The van der Waals surface area contributed by atoms with Gasteiger partial charge >= 0.3 is 5.97 Å². The standard InChI is InChI=1S/C20H42O5Si2/c1-12-23-18(22)14-13-16(24-26(8,9)19(2,3)4)17(15-21)25-27(10,11)20(5,6)7/h13-14,16-17,21H,12,15H2,1-11H3/b14-13+/t16-,17-/m0/s1. The van der Waals surface area contributed by atoms with Gasteiger partial charge in [-0.05, 0) is 49.3 Å². The molecule has 2 atom stereocenters. The second-order valence-corrected chi connectivity index (χ2v) is 19.6. The van der Waals surface area contributed by atoms with Gasteiger partial charge in [0.15, 0.2) is 16.6 Å². The fraction of sp³-hybridized carbons (Fsp3) is 0.850. The SMILES string of the molecule is CCOC(=O)/C=C/[C@H](O[Si](C)(C)C(C)(C)C)[C@H](CO)O[Si](C)(C)C(C)(C)C. The molecule has 0 aliphatic carbocycles. The lowest BCUT2D eigenvalue weighted by Crippen LogP contribution is -2.52. The molecule has 0 aromatic heterocycles. The molecular formula is C20H42O5Si2. The summed E-state index contributed by atoms with van der Waals surface area (Å²) < 4.78 is 18.0. The maximum atomic E-state index is 11.8. The molecule has 0 aliphatic rings. The molecule has 0 aromatic rings. The Morgan fingerprint density at radius 2 is 1.41 bits per heavy atom. The number of aliphatic hydroxyl groups excluding tert-OH is 1. The summed E-state index contributed by atoms with van der Waals surface area (Å²) in [6, 6.07) is 0. The number of carbonyl (C=O) groups excluding carboxylic acids is 1. The van der Waals surface area contributed by atoms with E-state index in [0.717, 1.165) is 0 Å². The molecule has 0 aromatic carbocycles. The van der Waals surface area contributed by atoms with Gasteiger partial charge in [0, 0.05) is 6.08 Å². The molecule has 0 saturated carbocycles. The third-order valence-electron chi connectivity index (χ3n) is 5.74. The second kappa shape index (κ2) is 9.83. The number of hydrogen-bond donors (Lipinski definition) is 1. The van der Waals surface area contributed by atoms with Crippen molar-refractivity contribution in [2.24, 2.45) is 0 Å². The number of aliphatic hydroxyl groups is 1. The van der Waals surface area contributed by atoms with Crippen molar-refractivity contribution in [2.75, 3.05) is 13.2 Å². The van der Waals surface area contributed by atoms with Crippen LogP contribution in [0.15, 0.2) is 12.2 Å². The average Bonchev–Trinajstić information content (AvgIpc) is 2.47. The minimum atomic E-state index is -2.14. The van der Waals surface area contributed by atoms with Gasteiger partial charge in [-0.3, -0.25) is 0 Å².